The third-order valence-electron chi connectivity index (χ3n) is 6.56. The molecule has 0 aliphatic carbocycles. The van der Waals surface area contributed by atoms with E-state index in [2.05, 4.69) is 38.7 Å². The van der Waals surface area contributed by atoms with Crippen LogP contribution in [0.2, 0.25) is 0 Å². The van der Waals surface area contributed by atoms with E-state index in [0.717, 1.165) is 82.9 Å². The summed E-state index contributed by atoms with van der Waals surface area (Å²) in [4.78, 5) is 19.9. The molecule has 3 aromatic rings. The Morgan fingerprint density at radius 3 is 2.71 bits per heavy atom. The van der Waals surface area contributed by atoms with Crippen LogP contribution < -0.4 is 25.8 Å². The summed E-state index contributed by atoms with van der Waals surface area (Å²) in [5, 5.41) is 7.08. The molecule has 34 heavy (non-hydrogen) atoms. The van der Waals surface area contributed by atoms with Crippen molar-refractivity contribution in [1.82, 2.24) is 10.3 Å². The summed E-state index contributed by atoms with van der Waals surface area (Å²) < 4.78 is 11.9. The van der Waals surface area contributed by atoms with Gasteiger partial charge in [-0.2, -0.15) is 0 Å². The molecule has 7 nitrogen and oxygen atoms in total. The van der Waals surface area contributed by atoms with Gasteiger partial charge in [0.2, 0.25) is 5.56 Å². The first-order chi connectivity index (χ1) is 16.7. The molecule has 8 heteroatoms. The van der Waals surface area contributed by atoms with Crippen molar-refractivity contribution in [3.8, 4) is 22.8 Å². The zero-order chi connectivity index (χ0) is 22.9. The van der Waals surface area contributed by atoms with Crippen LogP contribution in [0.5, 0.6) is 11.5 Å². The van der Waals surface area contributed by atoms with Gasteiger partial charge in [0.25, 0.3) is 0 Å². The molecule has 3 N–H and O–H groups in total. The van der Waals surface area contributed by atoms with Crippen molar-refractivity contribution in [3.05, 3.63) is 58.9 Å². The fraction of sp³-hybridized carbons (Fsp3) is 0.346. The van der Waals surface area contributed by atoms with E-state index in [1.165, 1.54) is 0 Å². The summed E-state index contributed by atoms with van der Waals surface area (Å²) in [5.74, 6) is 1.63. The minimum absolute atomic E-state index is 0.117. The Balaban J connectivity index is 1.29. The second-order valence-corrected chi connectivity index (χ2v) is 9.97. The highest BCUT2D eigenvalue weighted by Crippen LogP contribution is 2.51. The van der Waals surface area contributed by atoms with E-state index in [0.29, 0.717) is 19.3 Å². The Kier molecular flexibility index (Phi) is 5.95. The van der Waals surface area contributed by atoms with Gasteiger partial charge in [-0.25, -0.2) is 0 Å². The number of aromatic amines is 1. The van der Waals surface area contributed by atoms with Crippen LogP contribution in [0.3, 0.4) is 0 Å². The molecule has 3 aliphatic rings. The van der Waals surface area contributed by atoms with Crippen LogP contribution >= 0.6 is 11.8 Å². The SMILES string of the molecule is O=c1cc(N2CCOCC2)cc(-c2cccc3c2Oc2ccc(NC4CCNCC4)cc2S3)[nH]1. The van der Waals surface area contributed by atoms with Gasteiger partial charge in [0, 0.05) is 42.1 Å². The van der Waals surface area contributed by atoms with Gasteiger partial charge in [-0.1, -0.05) is 17.8 Å². The largest absolute Gasteiger partial charge is 0.454 e. The molecule has 2 aromatic carbocycles. The molecule has 176 valence electrons. The third-order valence-corrected chi connectivity index (χ3v) is 7.64. The molecule has 2 fully saturated rings. The van der Waals surface area contributed by atoms with E-state index in [1.54, 1.807) is 17.8 Å². The highest BCUT2D eigenvalue weighted by molar-refractivity contribution is 7.99. The van der Waals surface area contributed by atoms with Gasteiger partial charge < -0.3 is 30.0 Å². The van der Waals surface area contributed by atoms with Crippen LogP contribution in [0.25, 0.3) is 11.3 Å². The van der Waals surface area contributed by atoms with Gasteiger partial charge >= 0.3 is 0 Å². The molecule has 0 unspecified atom stereocenters. The minimum Gasteiger partial charge on any atom is -0.454 e. The molecule has 4 heterocycles. The number of fused-ring (bicyclic) bond motifs is 2. The fourth-order valence-electron chi connectivity index (χ4n) is 4.78. The first-order valence-corrected chi connectivity index (χ1v) is 12.7. The highest BCUT2D eigenvalue weighted by atomic mass is 32.2. The quantitative estimate of drug-likeness (QED) is 0.405. The molecule has 6 rings (SSSR count). The number of piperidine rings is 1. The molecule has 0 spiro atoms. The number of pyridine rings is 1. The van der Waals surface area contributed by atoms with Crippen molar-refractivity contribution < 1.29 is 9.47 Å². The minimum atomic E-state index is -0.117. The van der Waals surface area contributed by atoms with Crippen LogP contribution in [0, 0.1) is 0 Å². The predicted molar refractivity (Wildman–Crippen MR) is 136 cm³/mol. The number of anilines is 2. The fourth-order valence-corrected chi connectivity index (χ4v) is 5.81. The first kappa shape index (κ1) is 21.6. The van der Waals surface area contributed by atoms with Crippen molar-refractivity contribution >= 4 is 23.1 Å². The van der Waals surface area contributed by atoms with Crippen LogP contribution in [-0.4, -0.2) is 50.4 Å². The molecule has 0 bridgehead atoms. The topological polar surface area (TPSA) is 78.6 Å². The number of hydrogen-bond donors (Lipinski definition) is 3. The number of hydrogen-bond acceptors (Lipinski definition) is 7. The average Bonchev–Trinajstić information content (AvgIpc) is 2.88. The molecular formula is C26H28N4O3S. The lowest BCUT2D eigenvalue weighted by Gasteiger charge is -2.29. The van der Waals surface area contributed by atoms with Crippen molar-refractivity contribution in [2.24, 2.45) is 0 Å². The maximum absolute atomic E-state index is 12.5. The Morgan fingerprint density at radius 2 is 1.85 bits per heavy atom. The number of aromatic nitrogens is 1. The molecule has 0 amide bonds. The van der Waals surface area contributed by atoms with Gasteiger partial charge in [0.1, 0.15) is 5.75 Å². The zero-order valence-corrected chi connectivity index (χ0v) is 19.7. The molecular weight excluding hydrogens is 448 g/mol. The second kappa shape index (κ2) is 9.37. The van der Waals surface area contributed by atoms with Crippen LogP contribution in [0.4, 0.5) is 11.4 Å². The normalized spacial score (nSPS) is 18.1. The van der Waals surface area contributed by atoms with E-state index in [1.807, 2.05) is 24.3 Å². The van der Waals surface area contributed by atoms with E-state index < -0.39 is 0 Å². The predicted octanol–water partition coefficient (Wildman–Crippen LogP) is 4.30. The van der Waals surface area contributed by atoms with Crippen molar-refractivity contribution in [2.75, 3.05) is 49.6 Å². The molecule has 0 saturated carbocycles. The zero-order valence-electron chi connectivity index (χ0n) is 18.9. The summed E-state index contributed by atoms with van der Waals surface area (Å²) in [6.07, 6.45) is 2.27. The molecule has 0 radical (unpaired) electrons. The standard InChI is InChI=1S/C26H28N4O3S/c31-25-16-19(30-10-12-32-13-11-30)15-21(29-25)20-2-1-3-23-26(20)33-22-5-4-18(14-24(22)34-23)28-17-6-8-27-9-7-17/h1-5,14-17,27-28H,6-13H2,(H,29,31). The number of H-pyrrole nitrogens is 1. The summed E-state index contributed by atoms with van der Waals surface area (Å²) in [6, 6.07) is 16.6. The van der Waals surface area contributed by atoms with E-state index >= 15 is 0 Å². The Morgan fingerprint density at radius 1 is 1.00 bits per heavy atom. The van der Waals surface area contributed by atoms with Crippen molar-refractivity contribution in [2.45, 2.75) is 28.7 Å². The van der Waals surface area contributed by atoms with Crippen molar-refractivity contribution in [1.29, 1.82) is 0 Å². The summed E-state index contributed by atoms with van der Waals surface area (Å²) >= 11 is 1.71. The maximum atomic E-state index is 12.5. The number of nitrogens with zero attached hydrogens (tertiary/aromatic N) is 1. The maximum Gasteiger partial charge on any atom is 0.250 e. The van der Waals surface area contributed by atoms with E-state index in [9.17, 15) is 4.79 Å². The van der Waals surface area contributed by atoms with Crippen molar-refractivity contribution in [3.63, 3.8) is 0 Å². The van der Waals surface area contributed by atoms with Gasteiger partial charge in [0.05, 0.1) is 28.7 Å². The molecule has 1 aromatic heterocycles. The van der Waals surface area contributed by atoms with Gasteiger partial charge in [-0.05, 0) is 62.3 Å². The van der Waals surface area contributed by atoms with E-state index in [4.69, 9.17) is 9.47 Å². The molecule has 2 saturated heterocycles. The van der Waals surface area contributed by atoms with E-state index in [-0.39, 0.29) is 5.56 Å². The second-order valence-electron chi connectivity index (χ2n) is 8.88. The Hall–Kier alpha value is -2.94. The Labute approximate surface area is 202 Å². The first-order valence-electron chi connectivity index (χ1n) is 11.9. The number of nitrogens with one attached hydrogen (secondary N) is 3. The van der Waals surface area contributed by atoms with Gasteiger partial charge in [0.15, 0.2) is 5.75 Å². The summed E-state index contributed by atoms with van der Waals surface area (Å²) in [5.41, 5.74) is 3.58. The average molecular weight is 477 g/mol. The van der Waals surface area contributed by atoms with Gasteiger partial charge in [-0.3, -0.25) is 4.79 Å². The summed E-state index contributed by atoms with van der Waals surface area (Å²) in [6.45, 7) is 5.03. The molecule has 0 atom stereocenters. The number of benzene rings is 2. The summed E-state index contributed by atoms with van der Waals surface area (Å²) in [7, 11) is 0. The third kappa shape index (κ3) is 4.41. The smallest absolute Gasteiger partial charge is 0.250 e. The number of ether oxygens (including phenoxy) is 2. The number of rotatable bonds is 4. The highest BCUT2D eigenvalue weighted by Gasteiger charge is 2.23. The molecule has 3 aliphatic heterocycles. The van der Waals surface area contributed by atoms with Crippen LogP contribution in [-0.2, 0) is 4.74 Å². The number of para-hydroxylation sites is 1. The van der Waals surface area contributed by atoms with Gasteiger partial charge in [-0.15, -0.1) is 0 Å². The lowest BCUT2D eigenvalue weighted by molar-refractivity contribution is 0.122. The Bertz CT molecular complexity index is 1250. The lowest BCUT2D eigenvalue weighted by atomic mass is 10.1. The number of morpholine rings is 1. The monoisotopic (exact) mass is 476 g/mol. The van der Waals surface area contributed by atoms with Crippen LogP contribution in [0.15, 0.2) is 63.1 Å². The lowest BCUT2D eigenvalue weighted by Crippen LogP contribution is -2.36. The van der Waals surface area contributed by atoms with Crippen LogP contribution in [0.1, 0.15) is 12.8 Å².